The Hall–Kier alpha value is -2.28. The molecule has 0 radical (unpaired) electrons. The fraction of sp³-hybridized carbons (Fsp3) is 0.529. The number of nitrogens with one attached hydrogen (secondary N) is 1. The minimum Gasteiger partial charge on any atom is -0.497 e. The third kappa shape index (κ3) is 3.31. The maximum Gasteiger partial charge on any atom is 0.412 e. The predicted octanol–water partition coefficient (Wildman–Crippen LogP) is 2.35. The van der Waals surface area contributed by atoms with Gasteiger partial charge in [0.15, 0.2) is 11.3 Å². The van der Waals surface area contributed by atoms with Crippen LogP contribution in [0.2, 0.25) is 0 Å². The van der Waals surface area contributed by atoms with E-state index < -0.39 is 17.4 Å². The van der Waals surface area contributed by atoms with Crippen molar-refractivity contribution in [2.45, 2.75) is 44.9 Å². The molecule has 2 amide bonds. The van der Waals surface area contributed by atoms with Crippen molar-refractivity contribution in [3.63, 3.8) is 0 Å². The summed E-state index contributed by atoms with van der Waals surface area (Å²) >= 11 is 0. The minimum atomic E-state index is -1.46. The van der Waals surface area contributed by atoms with Gasteiger partial charge < -0.3 is 19.9 Å². The topological polar surface area (TPSA) is 88.1 Å². The second-order valence-corrected chi connectivity index (χ2v) is 6.15. The van der Waals surface area contributed by atoms with Gasteiger partial charge >= 0.3 is 6.09 Å². The van der Waals surface area contributed by atoms with Crippen LogP contribution in [0.3, 0.4) is 0 Å². The van der Waals surface area contributed by atoms with E-state index in [9.17, 15) is 14.7 Å². The number of hydrogen-bond acceptors (Lipinski definition) is 5. The van der Waals surface area contributed by atoms with Gasteiger partial charge in [-0.05, 0) is 32.4 Å². The van der Waals surface area contributed by atoms with Gasteiger partial charge in [-0.2, -0.15) is 0 Å². The molecule has 1 aromatic carbocycles. The highest BCUT2D eigenvalue weighted by atomic mass is 16.6. The summed E-state index contributed by atoms with van der Waals surface area (Å²) in [6.07, 6.45) is -0.0981. The summed E-state index contributed by atoms with van der Waals surface area (Å²) in [6, 6.07) is 6.99. The summed E-state index contributed by atoms with van der Waals surface area (Å²) in [4.78, 5) is 25.3. The molecule has 1 aliphatic rings. The second-order valence-electron chi connectivity index (χ2n) is 6.15. The van der Waals surface area contributed by atoms with E-state index in [1.165, 1.54) is 11.8 Å². The Bertz CT molecular complexity index is 631. The molecule has 1 heterocycles. The summed E-state index contributed by atoms with van der Waals surface area (Å²) in [5.41, 5.74) is -1.85. The SMILES string of the molecule is CC[C@]1(C)OC(=O)N(CCC(=O)Nc2cccc(OC)c2)[C@@]1(C)O. The van der Waals surface area contributed by atoms with E-state index in [1.807, 2.05) is 6.92 Å². The van der Waals surface area contributed by atoms with Gasteiger partial charge in [0.05, 0.1) is 7.11 Å². The average Bonchev–Trinajstić information content (AvgIpc) is 2.71. The Morgan fingerprint density at radius 3 is 2.71 bits per heavy atom. The standard InChI is InChI=1S/C17H24N2O5/c1-5-16(2)17(3,22)19(15(21)24-16)10-9-14(20)18-12-7-6-8-13(11-12)23-4/h6-8,11,22H,5,9-10H2,1-4H3,(H,18,20)/t16-,17-/m0/s1. The Kier molecular flexibility index (Phi) is 5.03. The first-order chi connectivity index (χ1) is 11.2. The van der Waals surface area contributed by atoms with E-state index in [1.54, 1.807) is 38.3 Å². The molecule has 7 heteroatoms. The molecule has 1 fully saturated rings. The maximum absolute atomic E-state index is 12.1. The summed E-state index contributed by atoms with van der Waals surface area (Å²) in [5.74, 6) is 0.370. The molecule has 132 valence electrons. The zero-order valence-corrected chi connectivity index (χ0v) is 14.5. The summed E-state index contributed by atoms with van der Waals surface area (Å²) in [6.45, 7) is 5.11. The van der Waals surface area contributed by atoms with Gasteiger partial charge in [-0.15, -0.1) is 0 Å². The number of cyclic esters (lactones) is 1. The third-order valence-electron chi connectivity index (χ3n) is 4.65. The van der Waals surface area contributed by atoms with Gasteiger partial charge in [-0.3, -0.25) is 9.69 Å². The number of carbonyl (C=O) groups excluding carboxylic acids is 2. The molecule has 0 spiro atoms. The molecule has 7 nitrogen and oxygen atoms in total. The van der Waals surface area contributed by atoms with Crippen molar-refractivity contribution in [1.29, 1.82) is 0 Å². The molecular weight excluding hydrogens is 312 g/mol. The number of nitrogens with zero attached hydrogens (tertiary/aromatic N) is 1. The van der Waals surface area contributed by atoms with Gasteiger partial charge in [-0.25, -0.2) is 4.79 Å². The number of anilines is 1. The van der Waals surface area contributed by atoms with E-state index in [0.717, 1.165) is 0 Å². The summed E-state index contributed by atoms with van der Waals surface area (Å²) in [5, 5.41) is 13.4. The molecular formula is C17H24N2O5. The molecule has 0 bridgehead atoms. The van der Waals surface area contributed by atoms with Crippen molar-refractivity contribution < 1.29 is 24.2 Å². The fourth-order valence-electron chi connectivity index (χ4n) is 2.66. The molecule has 24 heavy (non-hydrogen) atoms. The molecule has 2 atom stereocenters. The Morgan fingerprint density at radius 1 is 1.42 bits per heavy atom. The first-order valence-electron chi connectivity index (χ1n) is 7.90. The van der Waals surface area contributed by atoms with Gasteiger partial charge in [0, 0.05) is 24.7 Å². The van der Waals surface area contributed by atoms with E-state index in [-0.39, 0.29) is 18.9 Å². The van der Waals surface area contributed by atoms with Gasteiger partial charge in [-0.1, -0.05) is 13.0 Å². The first kappa shape index (κ1) is 18.1. The van der Waals surface area contributed by atoms with E-state index >= 15 is 0 Å². The number of ether oxygens (including phenoxy) is 2. The van der Waals surface area contributed by atoms with Crippen LogP contribution in [0.5, 0.6) is 5.75 Å². The van der Waals surface area contributed by atoms with Crippen LogP contribution in [-0.4, -0.2) is 47.0 Å². The molecule has 2 rings (SSSR count). The third-order valence-corrected chi connectivity index (χ3v) is 4.65. The largest absolute Gasteiger partial charge is 0.497 e. The van der Waals surface area contributed by atoms with Crippen molar-refractivity contribution >= 4 is 17.7 Å². The summed E-state index contributed by atoms with van der Waals surface area (Å²) < 4.78 is 10.4. The Morgan fingerprint density at radius 2 is 2.12 bits per heavy atom. The number of hydrogen-bond donors (Lipinski definition) is 2. The molecule has 0 aromatic heterocycles. The van der Waals surface area contributed by atoms with Crippen LogP contribution in [0.15, 0.2) is 24.3 Å². The van der Waals surface area contributed by atoms with Crippen molar-refractivity contribution in [2.24, 2.45) is 0 Å². The van der Waals surface area contributed by atoms with E-state index in [2.05, 4.69) is 5.32 Å². The van der Waals surface area contributed by atoms with Crippen LogP contribution in [0.1, 0.15) is 33.6 Å². The number of carbonyl (C=O) groups is 2. The maximum atomic E-state index is 12.1. The first-order valence-corrected chi connectivity index (χ1v) is 7.90. The number of rotatable bonds is 6. The lowest BCUT2D eigenvalue weighted by Crippen LogP contribution is -2.55. The lowest BCUT2D eigenvalue weighted by Gasteiger charge is -2.36. The van der Waals surface area contributed by atoms with Crippen LogP contribution in [-0.2, 0) is 9.53 Å². The molecule has 0 saturated carbocycles. The second kappa shape index (κ2) is 6.68. The van der Waals surface area contributed by atoms with Crippen LogP contribution in [0.4, 0.5) is 10.5 Å². The van der Waals surface area contributed by atoms with E-state index in [4.69, 9.17) is 9.47 Å². The van der Waals surface area contributed by atoms with Crippen molar-refractivity contribution in [3.05, 3.63) is 24.3 Å². The average molecular weight is 336 g/mol. The zero-order valence-electron chi connectivity index (χ0n) is 14.5. The van der Waals surface area contributed by atoms with Crippen LogP contribution >= 0.6 is 0 Å². The smallest absolute Gasteiger partial charge is 0.412 e. The molecule has 0 aliphatic carbocycles. The summed E-state index contributed by atoms with van der Waals surface area (Å²) in [7, 11) is 1.55. The van der Waals surface area contributed by atoms with Crippen LogP contribution in [0.25, 0.3) is 0 Å². The Balaban J connectivity index is 1.97. The molecule has 1 aliphatic heterocycles. The van der Waals surface area contributed by atoms with Gasteiger partial charge in [0.1, 0.15) is 5.75 Å². The molecule has 1 saturated heterocycles. The number of methoxy groups -OCH3 is 1. The lowest BCUT2D eigenvalue weighted by molar-refractivity contribution is -0.139. The lowest BCUT2D eigenvalue weighted by atomic mass is 9.91. The highest BCUT2D eigenvalue weighted by Gasteiger charge is 2.58. The Labute approximate surface area is 141 Å². The number of aliphatic hydroxyl groups is 1. The van der Waals surface area contributed by atoms with Gasteiger partial charge in [0.2, 0.25) is 5.91 Å². The number of benzene rings is 1. The predicted molar refractivity (Wildman–Crippen MR) is 88.7 cm³/mol. The molecule has 0 unspecified atom stereocenters. The van der Waals surface area contributed by atoms with Gasteiger partial charge in [0.25, 0.3) is 0 Å². The molecule has 1 aromatic rings. The van der Waals surface area contributed by atoms with Crippen molar-refractivity contribution in [2.75, 3.05) is 19.0 Å². The van der Waals surface area contributed by atoms with E-state index in [0.29, 0.717) is 17.9 Å². The van der Waals surface area contributed by atoms with Crippen LogP contribution < -0.4 is 10.1 Å². The van der Waals surface area contributed by atoms with Crippen LogP contribution in [0, 0.1) is 0 Å². The fourth-order valence-corrected chi connectivity index (χ4v) is 2.66. The monoisotopic (exact) mass is 336 g/mol. The minimum absolute atomic E-state index is 0.0439. The highest BCUT2D eigenvalue weighted by molar-refractivity contribution is 5.91. The van der Waals surface area contributed by atoms with Crippen molar-refractivity contribution in [3.8, 4) is 5.75 Å². The normalized spacial score (nSPS) is 26.2. The van der Waals surface area contributed by atoms with Crippen molar-refractivity contribution in [1.82, 2.24) is 4.90 Å². The zero-order chi connectivity index (χ0) is 18.0. The molecule has 2 N–H and O–H groups in total. The highest BCUT2D eigenvalue weighted by Crippen LogP contribution is 2.39. The quantitative estimate of drug-likeness (QED) is 0.832. The number of amides is 2.